The van der Waals surface area contributed by atoms with Crippen LogP contribution in [0.4, 0.5) is 5.82 Å². The zero-order chi connectivity index (χ0) is 18.9. The molecule has 1 saturated heterocycles. The third-order valence-electron chi connectivity index (χ3n) is 6.13. The van der Waals surface area contributed by atoms with Gasteiger partial charge in [0.1, 0.15) is 5.82 Å². The molecule has 0 saturated carbocycles. The van der Waals surface area contributed by atoms with Crippen molar-refractivity contribution in [3.63, 3.8) is 0 Å². The van der Waals surface area contributed by atoms with Crippen LogP contribution in [0.3, 0.4) is 0 Å². The third-order valence-corrected chi connectivity index (χ3v) is 6.13. The summed E-state index contributed by atoms with van der Waals surface area (Å²) in [6.07, 6.45) is 9.87. The van der Waals surface area contributed by atoms with E-state index in [0.29, 0.717) is 6.61 Å². The standard InChI is InChI=1S/C24H27N3O/c1-17-11-24(26-23-13-20-7-2-6-19(20)12-22(17)23)27-10-4-8-21(15-27)28-16-18-5-3-9-25-14-18/h3,5,9,11-14,21H,2,4,6-8,10,15-16H2,1H3. The molecule has 28 heavy (non-hydrogen) atoms. The first-order chi connectivity index (χ1) is 13.8. The largest absolute Gasteiger partial charge is 0.372 e. The van der Waals surface area contributed by atoms with Crippen LogP contribution >= 0.6 is 0 Å². The molecule has 2 aromatic heterocycles. The van der Waals surface area contributed by atoms with Crippen LogP contribution in [-0.4, -0.2) is 29.2 Å². The number of aromatic nitrogens is 2. The van der Waals surface area contributed by atoms with E-state index in [2.05, 4.69) is 41.1 Å². The number of pyridine rings is 2. The van der Waals surface area contributed by atoms with E-state index < -0.39 is 0 Å². The molecule has 1 aliphatic heterocycles. The molecule has 3 heterocycles. The molecule has 1 aromatic carbocycles. The Morgan fingerprint density at radius 3 is 2.89 bits per heavy atom. The van der Waals surface area contributed by atoms with Gasteiger partial charge in [0.15, 0.2) is 0 Å². The van der Waals surface area contributed by atoms with Crippen molar-refractivity contribution in [3.05, 3.63) is 65.0 Å². The average Bonchev–Trinajstić information content (AvgIpc) is 3.19. The number of hydrogen-bond acceptors (Lipinski definition) is 4. The molecule has 0 spiro atoms. The topological polar surface area (TPSA) is 38.2 Å². The second kappa shape index (κ2) is 7.51. The number of fused-ring (bicyclic) bond motifs is 2. The SMILES string of the molecule is Cc1cc(N2CCCC(OCc3cccnc3)C2)nc2cc3c(cc12)CCC3. The number of hydrogen-bond donors (Lipinski definition) is 0. The van der Waals surface area contributed by atoms with Gasteiger partial charge in [-0.3, -0.25) is 4.98 Å². The van der Waals surface area contributed by atoms with Crippen LogP contribution < -0.4 is 4.90 Å². The lowest BCUT2D eigenvalue weighted by Crippen LogP contribution is -2.40. The zero-order valence-corrected chi connectivity index (χ0v) is 16.5. The Balaban J connectivity index is 1.35. The number of ether oxygens (including phenoxy) is 1. The molecule has 0 N–H and O–H groups in total. The molecule has 0 amide bonds. The van der Waals surface area contributed by atoms with Crippen molar-refractivity contribution < 1.29 is 4.74 Å². The number of aryl methyl sites for hydroxylation is 3. The van der Waals surface area contributed by atoms with Gasteiger partial charge in [0.2, 0.25) is 0 Å². The van der Waals surface area contributed by atoms with Gasteiger partial charge in [0.25, 0.3) is 0 Å². The first-order valence-corrected chi connectivity index (χ1v) is 10.4. The average molecular weight is 374 g/mol. The highest BCUT2D eigenvalue weighted by Gasteiger charge is 2.23. The molecule has 4 nitrogen and oxygen atoms in total. The van der Waals surface area contributed by atoms with Crippen molar-refractivity contribution in [2.24, 2.45) is 0 Å². The first-order valence-electron chi connectivity index (χ1n) is 10.4. The van der Waals surface area contributed by atoms with E-state index in [9.17, 15) is 0 Å². The van der Waals surface area contributed by atoms with Crippen molar-refractivity contribution in [2.75, 3.05) is 18.0 Å². The van der Waals surface area contributed by atoms with Crippen molar-refractivity contribution >= 4 is 16.7 Å². The van der Waals surface area contributed by atoms with E-state index >= 15 is 0 Å². The lowest BCUT2D eigenvalue weighted by atomic mass is 10.0. The molecule has 144 valence electrons. The molecule has 3 aromatic rings. The lowest BCUT2D eigenvalue weighted by Gasteiger charge is -2.34. The van der Waals surface area contributed by atoms with Crippen molar-refractivity contribution in [1.82, 2.24) is 9.97 Å². The summed E-state index contributed by atoms with van der Waals surface area (Å²) in [4.78, 5) is 11.6. The van der Waals surface area contributed by atoms with Gasteiger partial charge < -0.3 is 9.64 Å². The van der Waals surface area contributed by atoms with E-state index in [1.54, 1.807) is 6.20 Å². The highest BCUT2D eigenvalue weighted by molar-refractivity contribution is 5.85. The minimum atomic E-state index is 0.242. The normalized spacial score (nSPS) is 19.2. The summed E-state index contributed by atoms with van der Waals surface area (Å²) < 4.78 is 6.19. The molecule has 0 bridgehead atoms. The summed E-state index contributed by atoms with van der Waals surface area (Å²) in [5.41, 5.74) is 6.62. The minimum absolute atomic E-state index is 0.242. The van der Waals surface area contributed by atoms with Gasteiger partial charge >= 0.3 is 0 Å². The van der Waals surface area contributed by atoms with E-state index in [-0.39, 0.29) is 6.10 Å². The Kier molecular flexibility index (Phi) is 4.73. The van der Waals surface area contributed by atoms with Crippen LogP contribution in [-0.2, 0) is 24.2 Å². The van der Waals surface area contributed by atoms with Crippen molar-refractivity contribution in [2.45, 2.75) is 51.7 Å². The predicted molar refractivity (Wildman–Crippen MR) is 113 cm³/mol. The van der Waals surface area contributed by atoms with Crippen LogP contribution in [0.2, 0.25) is 0 Å². The molecule has 4 heteroatoms. The number of nitrogens with zero attached hydrogens (tertiary/aromatic N) is 3. The molecular weight excluding hydrogens is 346 g/mol. The van der Waals surface area contributed by atoms with Gasteiger partial charge in [-0.05, 0) is 85.5 Å². The fourth-order valence-corrected chi connectivity index (χ4v) is 4.59. The summed E-state index contributed by atoms with van der Waals surface area (Å²) in [6, 6.07) is 11.0. The van der Waals surface area contributed by atoms with Gasteiger partial charge in [0.05, 0.1) is 18.2 Å². The smallest absolute Gasteiger partial charge is 0.129 e. The second-order valence-corrected chi connectivity index (χ2v) is 8.17. The van der Waals surface area contributed by atoms with Gasteiger partial charge in [-0.1, -0.05) is 6.07 Å². The maximum Gasteiger partial charge on any atom is 0.129 e. The number of anilines is 1. The van der Waals surface area contributed by atoms with Crippen molar-refractivity contribution in [1.29, 1.82) is 0 Å². The van der Waals surface area contributed by atoms with Gasteiger partial charge in [-0.2, -0.15) is 0 Å². The molecule has 0 radical (unpaired) electrons. The van der Waals surface area contributed by atoms with E-state index in [1.165, 1.54) is 41.3 Å². The van der Waals surface area contributed by atoms with Crippen LogP contribution in [0.15, 0.2) is 42.7 Å². The van der Waals surface area contributed by atoms with E-state index in [0.717, 1.165) is 42.8 Å². The molecular formula is C24H27N3O. The quantitative estimate of drug-likeness (QED) is 0.669. The predicted octanol–water partition coefficient (Wildman–Crippen LogP) is 4.61. The molecule has 1 atom stereocenters. The Morgan fingerprint density at radius 2 is 2.04 bits per heavy atom. The minimum Gasteiger partial charge on any atom is -0.372 e. The number of rotatable bonds is 4. The second-order valence-electron chi connectivity index (χ2n) is 8.17. The summed E-state index contributed by atoms with van der Waals surface area (Å²) in [5, 5.41) is 1.31. The molecule has 1 fully saturated rings. The van der Waals surface area contributed by atoms with Crippen LogP contribution in [0.1, 0.15) is 41.5 Å². The van der Waals surface area contributed by atoms with Crippen LogP contribution in [0, 0.1) is 6.92 Å². The fraction of sp³-hybridized carbons (Fsp3) is 0.417. The summed E-state index contributed by atoms with van der Waals surface area (Å²) in [5.74, 6) is 1.10. The molecule has 5 rings (SSSR count). The summed E-state index contributed by atoms with van der Waals surface area (Å²) in [6.45, 7) is 4.80. The molecule has 1 aliphatic carbocycles. The molecule has 1 unspecified atom stereocenters. The number of piperidine rings is 1. The monoisotopic (exact) mass is 373 g/mol. The van der Waals surface area contributed by atoms with Gasteiger partial charge in [0, 0.05) is 30.9 Å². The zero-order valence-electron chi connectivity index (χ0n) is 16.5. The van der Waals surface area contributed by atoms with E-state index in [1.807, 2.05) is 12.3 Å². The Bertz CT molecular complexity index is 986. The van der Waals surface area contributed by atoms with Gasteiger partial charge in [-0.15, -0.1) is 0 Å². The Hall–Kier alpha value is -2.46. The highest BCUT2D eigenvalue weighted by atomic mass is 16.5. The highest BCUT2D eigenvalue weighted by Crippen LogP contribution is 2.31. The maximum atomic E-state index is 6.19. The molecule has 2 aliphatic rings. The van der Waals surface area contributed by atoms with E-state index in [4.69, 9.17) is 9.72 Å². The third kappa shape index (κ3) is 3.49. The Morgan fingerprint density at radius 1 is 1.14 bits per heavy atom. The van der Waals surface area contributed by atoms with Crippen LogP contribution in [0.5, 0.6) is 0 Å². The first kappa shape index (κ1) is 17.6. The van der Waals surface area contributed by atoms with Crippen LogP contribution in [0.25, 0.3) is 10.9 Å². The summed E-state index contributed by atoms with van der Waals surface area (Å²) in [7, 11) is 0. The summed E-state index contributed by atoms with van der Waals surface area (Å²) >= 11 is 0. The fourth-order valence-electron chi connectivity index (χ4n) is 4.59. The van der Waals surface area contributed by atoms with Crippen molar-refractivity contribution in [3.8, 4) is 0 Å². The number of benzene rings is 1. The Labute approximate surface area is 166 Å². The maximum absolute atomic E-state index is 6.19. The lowest BCUT2D eigenvalue weighted by molar-refractivity contribution is 0.0313. The van der Waals surface area contributed by atoms with Gasteiger partial charge in [-0.25, -0.2) is 4.98 Å².